The van der Waals surface area contributed by atoms with E-state index in [1.807, 2.05) is 0 Å². The molecule has 2 aromatic carbocycles. The lowest BCUT2D eigenvalue weighted by Crippen LogP contribution is -2.17. The van der Waals surface area contributed by atoms with E-state index < -0.39 is 0 Å². The molecule has 0 radical (unpaired) electrons. The highest BCUT2D eigenvalue weighted by atomic mass is 15.1. The zero-order valence-corrected chi connectivity index (χ0v) is 10.9. The topological polar surface area (TPSA) is 3.24 Å². The largest absolute Gasteiger partial charge is 0.302 e. The van der Waals surface area contributed by atoms with Gasteiger partial charge in [0.2, 0.25) is 0 Å². The summed E-state index contributed by atoms with van der Waals surface area (Å²) in [6, 6.07) is 17.6. The van der Waals surface area contributed by atoms with Gasteiger partial charge < -0.3 is 4.90 Å². The van der Waals surface area contributed by atoms with Crippen LogP contribution in [0.3, 0.4) is 0 Å². The summed E-state index contributed by atoms with van der Waals surface area (Å²) in [6.45, 7) is 2.28. The minimum atomic E-state index is 1.08. The fourth-order valence-electron chi connectivity index (χ4n) is 2.74. The van der Waals surface area contributed by atoms with Crippen molar-refractivity contribution in [2.45, 2.75) is 19.4 Å². The van der Waals surface area contributed by atoms with Gasteiger partial charge in [-0.05, 0) is 54.8 Å². The summed E-state index contributed by atoms with van der Waals surface area (Å²) in [4.78, 5) is 2.42. The molecule has 1 aliphatic heterocycles. The van der Waals surface area contributed by atoms with Gasteiger partial charge in [-0.3, -0.25) is 0 Å². The predicted molar refractivity (Wildman–Crippen MR) is 76.5 cm³/mol. The van der Waals surface area contributed by atoms with E-state index in [1.54, 1.807) is 0 Å². The molecule has 0 spiro atoms. The van der Waals surface area contributed by atoms with Crippen molar-refractivity contribution in [3.8, 4) is 11.1 Å². The summed E-state index contributed by atoms with van der Waals surface area (Å²) in [7, 11) is 2.21. The zero-order chi connectivity index (χ0) is 12.4. The van der Waals surface area contributed by atoms with Gasteiger partial charge in [0, 0.05) is 6.54 Å². The van der Waals surface area contributed by atoms with Gasteiger partial charge in [-0.1, -0.05) is 42.5 Å². The first-order valence-electron chi connectivity index (χ1n) is 6.69. The molecule has 0 atom stereocenters. The first kappa shape index (κ1) is 11.5. The van der Waals surface area contributed by atoms with Gasteiger partial charge in [-0.2, -0.15) is 0 Å². The van der Waals surface area contributed by atoms with Gasteiger partial charge in [0.05, 0.1) is 0 Å². The fourth-order valence-corrected chi connectivity index (χ4v) is 2.74. The normalized spacial score (nSPS) is 16.1. The molecule has 3 rings (SSSR count). The third kappa shape index (κ3) is 2.32. The summed E-state index contributed by atoms with van der Waals surface area (Å²) in [6.07, 6.45) is 2.49. The number of rotatable bonds is 1. The van der Waals surface area contributed by atoms with Gasteiger partial charge in [0.15, 0.2) is 0 Å². The second kappa shape index (κ2) is 4.95. The standard InChI is InChI=1S/C17H19N/c1-18-11-5-8-15-9-10-16(12-17(15)13-18)14-6-3-2-4-7-14/h2-4,6-7,9-10,12H,5,8,11,13H2,1H3. The number of fused-ring (bicyclic) bond motifs is 1. The molecule has 0 unspecified atom stereocenters. The Morgan fingerprint density at radius 1 is 0.889 bits per heavy atom. The Morgan fingerprint density at radius 3 is 2.56 bits per heavy atom. The molecular weight excluding hydrogens is 218 g/mol. The van der Waals surface area contributed by atoms with Crippen LogP contribution in [0.4, 0.5) is 0 Å². The van der Waals surface area contributed by atoms with Crippen molar-refractivity contribution in [1.29, 1.82) is 0 Å². The Hall–Kier alpha value is -1.60. The molecule has 0 saturated carbocycles. The second-order valence-electron chi connectivity index (χ2n) is 5.19. The molecule has 0 aromatic heterocycles. The van der Waals surface area contributed by atoms with Crippen LogP contribution in [0.2, 0.25) is 0 Å². The summed E-state index contributed by atoms with van der Waals surface area (Å²) in [5.41, 5.74) is 5.67. The number of aryl methyl sites for hydroxylation is 1. The van der Waals surface area contributed by atoms with Gasteiger partial charge in [0.1, 0.15) is 0 Å². The van der Waals surface area contributed by atoms with Crippen molar-refractivity contribution < 1.29 is 0 Å². The number of hydrogen-bond donors (Lipinski definition) is 0. The molecule has 18 heavy (non-hydrogen) atoms. The van der Waals surface area contributed by atoms with Gasteiger partial charge >= 0.3 is 0 Å². The zero-order valence-electron chi connectivity index (χ0n) is 10.9. The average Bonchev–Trinajstić information content (AvgIpc) is 2.59. The lowest BCUT2D eigenvalue weighted by Gasteiger charge is -2.14. The van der Waals surface area contributed by atoms with Crippen molar-refractivity contribution in [3.05, 3.63) is 59.7 Å². The molecule has 0 amide bonds. The molecule has 92 valence electrons. The molecule has 0 aliphatic carbocycles. The van der Waals surface area contributed by atoms with Crippen LogP contribution in [-0.2, 0) is 13.0 Å². The van der Waals surface area contributed by atoms with Crippen LogP contribution in [0.15, 0.2) is 48.5 Å². The predicted octanol–water partition coefficient (Wildman–Crippen LogP) is 3.73. The van der Waals surface area contributed by atoms with E-state index in [2.05, 4.69) is 60.5 Å². The Kier molecular flexibility index (Phi) is 3.16. The van der Waals surface area contributed by atoms with Crippen molar-refractivity contribution in [2.24, 2.45) is 0 Å². The van der Waals surface area contributed by atoms with Crippen molar-refractivity contribution >= 4 is 0 Å². The van der Waals surface area contributed by atoms with Crippen molar-refractivity contribution in [3.63, 3.8) is 0 Å². The molecule has 1 heteroatoms. The second-order valence-corrected chi connectivity index (χ2v) is 5.19. The smallest absolute Gasteiger partial charge is 0.0233 e. The van der Waals surface area contributed by atoms with Crippen LogP contribution in [0.5, 0.6) is 0 Å². The molecule has 1 nitrogen and oxygen atoms in total. The third-order valence-electron chi connectivity index (χ3n) is 3.74. The first-order chi connectivity index (χ1) is 8.83. The minimum Gasteiger partial charge on any atom is -0.302 e. The third-order valence-corrected chi connectivity index (χ3v) is 3.74. The number of benzene rings is 2. The van der Waals surface area contributed by atoms with Crippen LogP contribution in [0, 0.1) is 0 Å². The molecule has 1 aliphatic rings. The summed E-state index contributed by atoms with van der Waals surface area (Å²) in [5.74, 6) is 0. The summed E-state index contributed by atoms with van der Waals surface area (Å²) < 4.78 is 0. The highest BCUT2D eigenvalue weighted by Gasteiger charge is 2.12. The maximum atomic E-state index is 2.42. The highest BCUT2D eigenvalue weighted by molar-refractivity contribution is 5.64. The van der Waals surface area contributed by atoms with E-state index >= 15 is 0 Å². The average molecular weight is 237 g/mol. The molecule has 0 bridgehead atoms. The van der Waals surface area contributed by atoms with Gasteiger partial charge in [0.25, 0.3) is 0 Å². The van der Waals surface area contributed by atoms with Crippen LogP contribution < -0.4 is 0 Å². The monoisotopic (exact) mass is 237 g/mol. The SMILES string of the molecule is CN1CCCc2ccc(-c3ccccc3)cc2C1. The van der Waals surface area contributed by atoms with Gasteiger partial charge in [-0.15, -0.1) is 0 Å². The van der Waals surface area contributed by atoms with Gasteiger partial charge in [-0.25, -0.2) is 0 Å². The Balaban J connectivity index is 2.00. The van der Waals surface area contributed by atoms with Crippen LogP contribution in [0.25, 0.3) is 11.1 Å². The first-order valence-corrected chi connectivity index (χ1v) is 6.69. The van der Waals surface area contributed by atoms with Crippen molar-refractivity contribution in [1.82, 2.24) is 4.90 Å². The van der Waals surface area contributed by atoms with E-state index in [1.165, 1.54) is 41.6 Å². The van der Waals surface area contributed by atoms with Crippen LogP contribution in [-0.4, -0.2) is 18.5 Å². The van der Waals surface area contributed by atoms with Crippen molar-refractivity contribution in [2.75, 3.05) is 13.6 Å². The molecule has 0 N–H and O–H groups in total. The molecule has 0 fully saturated rings. The minimum absolute atomic E-state index is 1.08. The van der Waals surface area contributed by atoms with E-state index in [0.29, 0.717) is 0 Å². The fraction of sp³-hybridized carbons (Fsp3) is 0.294. The Morgan fingerprint density at radius 2 is 1.72 bits per heavy atom. The molecular formula is C17H19N. The van der Waals surface area contributed by atoms with Crippen LogP contribution in [0.1, 0.15) is 17.5 Å². The number of nitrogens with zero attached hydrogens (tertiary/aromatic N) is 1. The summed E-state index contributed by atoms with van der Waals surface area (Å²) >= 11 is 0. The molecule has 1 heterocycles. The van der Waals surface area contributed by atoms with E-state index in [-0.39, 0.29) is 0 Å². The lowest BCUT2D eigenvalue weighted by molar-refractivity contribution is 0.332. The maximum Gasteiger partial charge on any atom is 0.0233 e. The molecule has 0 saturated heterocycles. The van der Waals surface area contributed by atoms with E-state index in [0.717, 1.165) is 6.54 Å². The summed E-state index contributed by atoms with van der Waals surface area (Å²) in [5, 5.41) is 0. The van der Waals surface area contributed by atoms with E-state index in [4.69, 9.17) is 0 Å². The Bertz CT molecular complexity index is 531. The number of hydrogen-bond acceptors (Lipinski definition) is 1. The quantitative estimate of drug-likeness (QED) is 0.730. The maximum absolute atomic E-state index is 2.42. The highest BCUT2D eigenvalue weighted by Crippen LogP contribution is 2.25. The van der Waals surface area contributed by atoms with Crippen LogP contribution >= 0.6 is 0 Å². The Labute approximate surface area is 109 Å². The molecule has 2 aromatic rings. The lowest BCUT2D eigenvalue weighted by atomic mass is 9.97. The van der Waals surface area contributed by atoms with E-state index in [9.17, 15) is 0 Å².